The number of nitrogens with zero attached hydrogens (tertiary/aromatic N) is 2. The molecular weight excluding hydrogens is 405 g/mol. The van der Waals surface area contributed by atoms with Gasteiger partial charge in [0.1, 0.15) is 5.75 Å². The number of aliphatic carboxylic acids is 1. The molecule has 0 amide bonds. The Morgan fingerprint density at radius 3 is 2.55 bits per heavy atom. The molecule has 1 aliphatic rings. The highest BCUT2D eigenvalue weighted by Gasteiger charge is 2.31. The first-order valence-corrected chi connectivity index (χ1v) is 9.83. The minimum Gasteiger partial charge on any atom is -0.481 e. The van der Waals surface area contributed by atoms with Crippen LogP contribution in [0.25, 0.3) is 0 Å². The number of alkyl halides is 3. The summed E-state index contributed by atoms with van der Waals surface area (Å²) in [5, 5.41) is 8.95. The van der Waals surface area contributed by atoms with Gasteiger partial charge in [-0.15, -0.1) is 13.2 Å². The zero-order chi connectivity index (χ0) is 21.0. The van der Waals surface area contributed by atoms with E-state index < -0.39 is 12.3 Å². The quantitative estimate of drug-likeness (QED) is 0.690. The fourth-order valence-corrected chi connectivity index (χ4v) is 4.23. The minimum absolute atomic E-state index is 0.00816. The van der Waals surface area contributed by atoms with Crippen LogP contribution in [0.15, 0.2) is 53.4 Å². The topological polar surface area (TPSA) is 53.0 Å². The molecule has 1 aliphatic heterocycles. The zero-order valence-electron chi connectivity index (χ0n) is 15.7. The Bertz CT molecular complexity index is 846. The summed E-state index contributed by atoms with van der Waals surface area (Å²) >= 11 is 1.59. The molecule has 3 rings (SSSR count). The number of carbonyl (C=O) groups is 1. The van der Waals surface area contributed by atoms with Gasteiger partial charge in [0.15, 0.2) is 0 Å². The molecule has 0 aromatic heterocycles. The lowest BCUT2D eigenvalue weighted by Gasteiger charge is -2.40. The van der Waals surface area contributed by atoms with E-state index in [1.54, 1.807) is 30.1 Å². The smallest absolute Gasteiger partial charge is 0.481 e. The highest BCUT2D eigenvalue weighted by atomic mass is 32.2. The summed E-state index contributed by atoms with van der Waals surface area (Å²) in [7, 11) is 0. The van der Waals surface area contributed by atoms with Crippen LogP contribution in [0.4, 0.5) is 18.9 Å². The maximum Gasteiger partial charge on any atom is 0.573 e. The molecule has 156 valence electrons. The second-order valence-electron chi connectivity index (χ2n) is 6.79. The van der Waals surface area contributed by atoms with E-state index >= 15 is 0 Å². The van der Waals surface area contributed by atoms with Gasteiger partial charge in [-0.1, -0.05) is 12.1 Å². The van der Waals surface area contributed by atoms with Crippen molar-refractivity contribution in [2.24, 2.45) is 0 Å². The summed E-state index contributed by atoms with van der Waals surface area (Å²) in [5.41, 5.74) is 1.61. The van der Waals surface area contributed by atoms with E-state index in [-0.39, 0.29) is 18.2 Å². The molecule has 2 aromatic carbocycles. The van der Waals surface area contributed by atoms with Crippen molar-refractivity contribution in [1.29, 1.82) is 0 Å². The third-order valence-corrected chi connectivity index (χ3v) is 5.72. The summed E-state index contributed by atoms with van der Waals surface area (Å²) in [5.74, 6) is -1.09. The van der Waals surface area contributed by atoms with Crippen molar-refractivity contribution < 1.29 is 27.8 Å². The lowest BCUT2D eigenvalue weighted by molar-refractivity contribution is -0.274. The first-order valence-electron chi connectivity index (χ1n) is 9.06. The predicted octanol–water partition coefficient (Wildman–Crippen LogP) is 4.43. The van der Waals surface area contributed by atoms with Gasteiger partial charge in [0.05, 0.1) is 6.42 Å². The standard InChI is InChI=1S/C20H21F3N2O3S/c1-14-13-24(16-5-7-17(8-6-16)28-20(21,22)23)9-10-25(14)29-18-4-2-3-15(11-18)12-19(26)27/h2-8,11,14H,9-10,12-13H2,1H3,(H,26,27)/t14-/m1/s1. The monoisotopic (exact) mass is 426 g/mol. The van der Waals surface area contributed by atoms with Gasteiger partial charge >= 0.3 is 12.3 Å². The summed E-state index contributed by atoms with van der Waals surface area (Å²) in [4.78, 5) is 14.0. The van der Waals surface area contributed by atoms with E-state index in [2.05, 4.69) is 20.9 Å². The summed E-state index contributed by atoms with van der Waals surface area (Å²) < 4.78 is 43.0. The van der Waals surface area contributed by atoms with Gasteiger partial charge < -0.3 is 14.7 Å². The normalized spacial score (nSPS) is 17.9. The van der Waals surface area contributed by atoms with Crippen LogP contribution in [0, 0.1) is 0 Å². The van der Waals surface area contributed by atoms with Crippen LogP contribution in [-0.4, -0.2) is 47.4 Å². The van der Waals surface area contributed by atoms with Crippen LogP contribution in [0.1, 0.15) is 12.5 Å². The number of benzene rings is 2. The molecule has 5 nitrogen and oxygen atoms in total. The third kappa shape index (κ3) is 6.30. The maximum absolute atomic E-state index is 12.3. The summed E-state index contributed by atoms with van der Waals surface area (Å²) in [6, 6.07) is 13.6. The van der Waals surface area contributed by atoms with Crippen molar-refractivity contribution >= 4 is 23.6 Å². The molecule has 1 N–H and O–H groups in total. The molecule has 1 heterocycles. The van der Waals surface area contributed by atoms with E-state index in [1.165, 1.54) is 12.1 Å². The molecular formula is C20H21F3N2O3S. The van der Waals surface area contributed by atoms with Gasteiger partial charge in [0.2, 0.25) is 0 Å². The van der Waals surface area contributed by atoms with Gasteiger partial charge in [-0.05, 0) is 60.8 Å². The molecule has 2 aromatic rings. The fraction of sp³-hybridized carbons (Fsp3) is 0.350. The average Bonchev–Trinajstić information content (AvgIpc) is 2.62. The highest BCUT2D eigenvalue weighted by molar-refractivity contribution is 7.97. The first kappa shape index (κ1) is 21.3. The minimum atomic E-state index is -4.69. The van der Waals surface area contributed by atoms with Gasteiger partial charge in [-0.25, -0.2) is 4.31 Å². The van der Waals surface area contributed by atoms with Crippen molar-refractivity contribution in [2.75, 3.05) is 24.5 Å². The second-order valence-corrected chi connectivity index (χ2v) is 7.91. The maximum atomic E-state index is 12.3. The molecule has 0 bridgehead atoms. The molecule has 1 saturated heterocycles. The fourth-order valence-electron chi connectivity index (χ4n) is 3.19. The van der Waals surface area contributed by atoms with E-state index in [9.17, 15) is 18.0 Å². The predicted molar refractivity (Wildman–Crippen MR) is 105 cm³/mol. The van der Waals surface area contributed by atoms with Crippen molar-refractivity contribution in [3.05, 3.63) is 54.1 Å². The first-order chi connectivity index (χ1) is 13.7. The third-order valence-electron chi connectivity index (χ3n) is 4.48. The van der Waals surface area contributed by atoms with Crippen LogP contribution in [0.2, 0.25) is 0 Å². The Balaban J connectivity index is 1.58. The van der Waals surface area contributed by atoms with E-state index in [0.717, 1.165) is 35.8 Å². The molecule has 1 atom stereocenters. The molecule has 0 saturated carbocycles. The Kier molecular flexibility index (Phi) is 6.59. The van der Waals surface area contributed by atoms with Crippen molar-refractivity contribution in [3.63, 3.8) is 0 Å². The Labute approximate surface area is 171 Å². The Morgan fingerprint density at radius 2 is 1.93 bits per heavy atom. The van der Waals surface area contributed by atoms with Crippen molar-refractivity contribution in [1.82, 2.24) is 4.31 Å². The number of hydrogen-bond donors (Lipinski definition) is 1. The van der Waals surface area contributed by atoms with E-state index in [0.29, 0.717) is 0 Å². The summed E-state index contributed by atoms with van der Waals surface area (Å²) in [6.45, 7) is 4.30. The molecule has 0 spiro atoms. The van der Waals surface area contributed by atoms with Gasteiger partial charge in [-0.2, -0.15) is 0 Å². The van der Waals surface area contributed by atoms with Crippen molar-refractivity contribution in [2.45, 2.75) is 30.6 Å². The van der Waals surface area contributed by atoms with Crippen LogP contribution in [-0.2, 0) is 11.2 Å². The number of rotatable bonds is 6. The number of carboxylic acids is 1. The van der Waals surface area contributed by atoms with E-state index in [4.69, 9.17) is 5.11 Å². The van der Waals surface area contributed by atoms with Crippen LogP contribution < -0.4 is 9.64 Å². The highest BCUT2D eigenvalue weighted by Crippen LogP contribution is 2.31. The SMILES string of the molecule is C[C@@H]1CN(c2ccc(OC(F)(F)F)cc2)CCN1Sc1cccc(CC(=O)O)c1. The lowest BCUT2D eigenvalue weighted by atomic mass is 10.2. The van der Waals surface area contributed by atoms with Gasteiger partial charge in [0, 0.05) is 36.3 Å². The zero-order valence-corrected chi connectivity index (χ0v) is 16.5. The molecule has 0 radical (unpaired) electrons. The lowest BCUT2D eigenvalue weighted by Crippen LogP contribution is -2.49. The van der Waals surface area contributed by atoms with Gasteiger partial charge in [0.25, 0.3) is 0 Å². The molecule has 0 unspecified atom stereocenters. The number of halogens is 3. The Hall–Kier alpha value is -2.39. The van der Waals surface area contributed by atoms with Crippen LogP contribution in [0.5, 0.6) is 5.75 Å². The Morgan fingerprint density at radius 1 is 1.21 bits per heavy atom. The van der Waals surface area contributed by atoms with Crippen LogP contribution in [0.3, 0.4) is 0 Å². The number of piperazine rings is 1. The average molecular weight is 426 g/mol. The molecule has 1 fully saturated rings. The number of anilines is 1. The number of ether oxygens (including phenoxy) is 1. The van der Waals surface area contributed by atoms with E-state index in [1.807, 2.05) is 18.2 Å². The van der Waals surface area contributed by atoms with Crippen LogP contribution >= 0.6 is 11.9 Å². The molecule has 9 heteroatoms. The van der Waals surface area contributed by atoms with Gasteiger partial charge in [-0.3, -0.25) is 4.79 Å². The largest absolute Gasteiger partial charge is 0.573 e. The molecule has 0 aliphatic carbocycles. The molecule has 29 heavy (non-hydrogen) atoms. The number of carboxylic acid groups (broad SMARTS) is 1. The number of hydrogen-bond acceptors (Lipinski definition) is 5. The van der Waals surface area contributed by atoms with Crippen molar-refractivity contribution in [3.8, 4) is 5.75 Å². The second kappa shape index (κ2) is 8.96. The summed E-state index contributed by atoms with van der Waals surface area (Å²) in [6.07, 6.45) is -4.70.